The normalized spacial score (nSPS) is 15.4. The summed E-state index contributed by atoms with van der Waals surface area (Å²) in [6.45, 7) is 4.25. The maximum Gasteiger partial charge on any atom is 0.329 e. The minimum absolute atomic E-state index is 0.0463. The minimum atomic E-state index is -4.46. The van der Waals surface area contributed by atoms with Gasteiger partial charge in [-0.15, -0.1) is 0 Å². The quantitative estimate of drug-likeness (QED) is 0.0238. The number of fused-ring (bicyclic) bond motifs is 7. The average molecular weight is 1860 g/mol. The highest BCUT2D eigenvalue weighted by molar-refractivity contribution is 7.93. The highest BCUT2D eigenvalue weighted by Gasteiger charge is 2.50. The number of halogens is 6. The molecule has 4 saturated heterocycles. The van der Waals surface area contributed by atoms with Crippen LogP contribution in [0.4, 0.5) is 49.1 Å². The number of aromatic nitrogens is 6. The van der Waals surface area contributed by atoms with Gasteiger partial charge in [0.05, 0.1) is 61.6 Å². The Labute approximate surface area is 756 Å². The molecule has 9 aromatic carbocycles. The van der Waals surface area contributed by atoms with Crippen LogP contribution < -0.4 is 34.7 Å². The second-order valence-electron chi connectivity index (χ2n) is 30.3. The van der Waals surface area contributed by atoms with Crippen molar-refractivity contribution in [2.24, 2.45) is 0 Å². The third-order valence-electron chi connectivity index (χ3n) is 22.0. The summed E-state index contributed by atoms with van der Waals surface area (Å²) in [7, 11) is -4.75. The van der Waals surface area contributed by atoms with Gasteiger partial charge in [0.2, 0.25) is 23.5 Å². The summed E-state index contributed by atoms with van der Waals surface area (Å²) in [5.74, 6) is -7.27. The number of benzene rings is 9. The number of likely N-dealkylation sites (tertiary alicyclic amines) is 2. The molecular weight excluding hydrogens is 1790 g/mol. The number of nitrogen functional groups attached to an aromatic ring is 1. The number of morpholine rings is 2. The molecule has 4 bridgehead atoms. The Bertz CT molecular complexity index is 7160. The summed E-state index contributed by atoms with van der Waals surface area (Å²) in [5, 5.41) is 5.33. The van der Waals surface area contributed by atoms with E-state index in [1.54, 1.807) is 78.1 Å². The van der Waals surface area contributed by atoms with Crippen LogP contribution in [-0.4, -0.2) is 154 Å². The van der Waals surface area contributed by atoms with Crippen LogP contribution in [0.3, 0.4) is 0 Å². The number of carbonyl (C=O) groups is 5. The first-order chi connectivity index (χ1) is 63.9. The van der Waals surface area contributed by atoms with Crippen molar-refractivity contribution < 1.29 is 99.6 Å². The molecule has 37 heteroatoms. The van der Waals surface area contributed by atoms with E-state index in [1.165, 1.54) is 44.8 Å². The molecule has 15 aromatic rings. The number of nitrogens with one attached hydrogen (secondary N) is 3. The van der Waals surface area contributed by atoms with Gasteiger partial charge < -0.3 is 49.1 Å². The summed E-state index contributed by atoms with van der Waals surface area (Å²) in [6, 6.07) is 55.0. The molecule has 5 atom stereocenters. The van der Waals surface area contributed by atoms with Crippen molar-refractivity contribution in [1.29, 1.82) is 0 Å². The summed E-state index contributed by atoms with van der Waals surface area (Å²) in [6.07, 6.45) is 11.7. The van der Waals surface area contributed by atoms with Crippen LogP contribution in [0, 0.1) is 34.9 Å². The Kier molecular flexibility index (Phi) is 25.9. The predicted molar refractivity (Wildman–Crippen MR) is 481 cm³/mol. The van der Waals surface area contributed by atoms with Gasteiger partial charge in [0.15, 0.2) is 0 Å². The van der Waals surface area contributed by atoms with Crippen molar-refractivity contribution in [3.63, 3.8) is 0 Å². The number of pyridine rings is 6. The van der Waals surface area contributed by atoms with Crippen LogP contribution in [0.2, 0.25) is 0 Å². The fourth-order valence-electron chi connectivity index (χ4n) is 15.6. The fraction of sp³-hybridized carbons (Fsp3) is 0.115. The molecule has 5 N–H and O–H groups in total. The highest BCUT2D eigenvalue weighted by atomic mass is 32.2. The van der Waals surface area contributed by atoms with E-state index in [4.69, 9.17) is 29.4 Å². The molecular formula is C96H71F6N12O16S3-. The standard InChI is InChI=1S/2C33H24F2N4O6S.C24H20N4O2.C6H4F2O2S/c2*1-44-31-28(38-46(42,43)30-9-7-22(34)14-26(30)35)13-21(16-37-31)20-6-8-27-25(12-20)24(10-11-36-27)18-2-4-19(5-3-18)32(40)39-17-23-15-29(39)33(41)45-23;1-3-23(29)28-18-7-4-15(5-8-18)19-10-11-26-22-9-6-16(12-20(19)22)17-13-21(25)24(30-2)27-14-17;7-4-1-2-6(11(9)10)5(8)3-4/h2*2-14,16,23,29,38H,15,17H2,1H3;3-14H,1,25H2,2H3,(H,28,29);1-3H,(H,9,10)/p-1/t2*23-,29-;;/m10../s1. The van der Waals surface area contributed by atoms with Gasteiger partial charge in [-0.05, 0) is 213 Å². The Balaban J connectivity index is 0.000000140. The van der Waals surface area contributed by atoms with E-state index in [-0.39, 0.29) is 65.0 Å². The molecule has 0 spiro atoms. The van der Waals surface area contributed by atoms with E-state index in [2.05, 4.69) is 57.3 Å². The number of amides is 3. The van der Waals surface area contributed by atoms with Gasteiger partial charge >= 0.3 is 11.9 Å². The number of sulfonamides is 2. The third-order valence-corrected chi connectivity index (χ3v) is 25.5. The fourth-order valence-corrected chi connectivity index (χ4v) is 18.2. The lowest BCUT2D eigenvalue weighted by Gasteiger charge is -2.25. The molecule has 133 heavy (non-hydrogen) atoms. The molecule has 0 radical (unpaired) electrons. The summed E-state index contributed by atoms with van der Waals surface area (Å²) in [4.78, 5) is 89.1. The van der Waals surface area contributed by atoms with Crippen LogP contribution in [0.15, 0.2) is 283 Å². The van der Waals surface area contributed by atoms with Crippen LogP contribution in [0.5, 0.6) is 17.6 Å². The number of anilines is 4. The minimum Gasteiger partial charge on any atom is -0.768 e. The van der Waals surface area contributed by atoms with E-state index in [0.29, 0.717) is 106 Å². The molecule has 4 aliphatic heterocycles. The van der Waals surface area contributed by atoms with E-state index in [0.717, 1.165) is 103 Å². The van der Waals surface area contributed by atoms with Crippen LogP contribution in [0.25, 0.3) is 99.5 Å². The Morgan fingerprint density at radius 1 is 0.459 bits per heavy atom. The SMILES string of the molecule is C=CC(=O)Nc1ccc(-c2ccnc3ccc(-c4cnc(OC)c(N)c4)cc23)cc1.COc1ncc(-c2ccc3nccc(-c4ccc(C(=O)N5C[C@@H]6C[C@H]5C(=O)O6)cc4)c3c2)cc1NS(=O)(=O)c1ccc(F)cc1F.COc1ncc(-c2ccc3nccc(-c4ccc(C(=O)N5C[C@H]6C[C@@H]5C(=O)O6)cc4)c3c2)cc1NS(=O)(=O)c1ccc(F)cc1F.O=S([O-])c1ccc(F)cc1F. The van der Waals surface area contributed by atoms with E-state index in [1.807, 2.05) is 109 Å². The Morgan fingerprint density at radius 3 is 1.17 bits per heavy atom. The maximum atomic E-state index is 14.3. The Morgan fingerprint density at radius 2 is 0.820 bits per heavy atom. The van der Waals surface area contributed by atoms with Crippen molar-refractivity contribution in [2.45, 2.75) is 51.8 Å². The summed E-state index contributed by atoms with van der Waals surface area (Å²) in [5.41, 5.74) is 20.0. The van der Waals surface area contributed by atoms with E-state index >= 15 is 0 Å². The summed E-state index contributed by atoms with van der Waals surface area (Å²) < 4.78 is 183. The second-order valence-corrected chi connectivity index (χ2v) is 34.5. The topological polar surface area (TPSA) is 386 Å². The molecule has 10 heterocycles. The third kappa shape index (κ3) is 19.4. The molecule has 0 saturated carbocycles. The number of rotatable bonds is 20. The van der Waals surface area contributed by atoms with Crippen molar-refractivity contribution in [3.05, 3.63) is 314 Å². The number of esters is 2. The van der Waals surface area contributed by atoms with E-state index in [9.17, 15) is 75.9 Å². The first-order valence-electron chi connectivity index (χ1n) is 40.2. The van der Waals surface area contributed by atoms with Gasteiger partial charge in [-0.3, -0.25) is 43.0 Å². The van der Waals surface area contributed by atoms with Crippen molar-refractivity contribution in [2.75, 3.05) is 54.9 Å². The van der Waals surface area contributed by atoms with Gasteiger partial charge in [0.1, 0.15) is 80.4 Å². The van der Waals surface area contributed by atoms with Crippen molar-refractivity contribution in [3.8, 4) is 84.4 Å². The zero-order chi connectivity index (χ0) is 93.8. The molecule has 19 rings (SSSR count). The monoisotopic (exact) mass is 1860 g/mol. The number of nitrogens with two attached hydrogens (primary N) is 1. The second kappa shape index (κ2) is 38.1. The van der Waals surface area contributed by atoms with Gasteiger partial charge in [0, 0.05) is 118 Å². The smallest absolute Gasteiger partial charge is 0.329 e. The predicted octanol–water partition coefficient (Wildman–Crippen LogP) is 16.3. The summed E-state index contributed by atoms with van der Waals surface area (Å²) >= 11 is -2.64. The average Bonchev–Trinajstić information content (AvgIpc) is 1.75. The lowest BCUT2D eigenvalue weighted by atomic mass is 9.97. The highest BCUT2D eigenvalue weighted by Crippen LogP contribution is 2.41. The molecule has 28 nitrogen and oxygen atoms in total. The molecule has 672 valence electrons. The molecule has 4 aliphatic rings. The first kappa shape index (κ1) is 90.5. The van der Waals surface area contributed by atoms with E-state index < -0.39 is 92.8 Å². The first-order valence-corrected chi connectivity index (χ1v) is 44.3. The van der Waals surface area contributed by atoms with Crippen molar-refractivity contribution in [1.82, 2.24) is 39.7 Å². The molecule has 3 amide bonds. The van der Waals surface area contributed by atoms with Crippen LogP contribution in [0.1, 0.15) is 33.6 Å². The molecule has 4 fully saturated rings. The lowest BCUT2D eigenvalue weighted by molar-refractivity contribution is -0.150. The van der Waals surface area contributed by atoms with Gasteiger partial charge in [-0.2, -0.15) is 0 Å². The number of hydrogen-bond acceptors (Lipinski definition) is 23. The number of carbonyl (C=O) groups excluding carboxylic acids is 5. The zero-order valence-electron chi connectivity index (χ0n) is 69.9. The number of nitrogens with zero attached hydrogens (tertiary/aromatic N) is 8. The maximum absolute atomic E-state index is 14.3. The lowest BCUT2D eigenvalue weighted by Crippen LogP contribution is -2.44. The molecule has 0 aliphatic carbocycles. The Hall–Kier alpha value is -15.9. The number of hydrogen-bond donors (Lipinski definition) is 4. The van der Waals surface area contributed by atoms with Gasteiger partial charge in [-0.1, -0.05) is 61.2 Å². The number of ether oxygens (including phenoxy) is 5. The zero-order valence-corrected chi connectivity index (χ0v) is 72.3. The van der Waals surface area contributed by atoms with Gasteiger partial charge in [0.25, 0.3) is 31.9 Å². The largest absolute Gasteiger partial charge is 0.768 e. The van der Waals surface area contributed by atoms with Crippen LogP contribution >= 0.6 is 0 Å². The molecule has 1 unspecified atom stereocenters. The van der Waals surface area contributed by atoms with Gasteiger partial charge in [-0.25, -0.2) is 67.7 Å². The van der Waals surface area contributed by atoms with Crippen molar-refractivity contribution >= 4 is 116 Å². The number of methoxy groups -OCH3 is 3. The molecule has 6 aromatic heterocycles. The van der Waals surface area contributed by atoms with Crippen LogP contribution in [-0.2, 0) is 55.0 Å².